The predicted molar refractivity (Wildman–Crippen MR) is 108 cm³/mol. The van der Waals surface area contributed by atoms with Crippen LogP contribution >= 0.6 is 45.6 Å². The molecule has 4 aromatic rings. The van der Waals surface area contributed by atoms with E-state index in [2.05, 4.69) is 10.3 Å². The highest BCUT2D eigenvalue weighted by Gasteiger charge is 2.20. The van der Waals surface area contributed by atoms with Crippen molar-refractivity contribution < 1.29 is 13.6 Å². The van der Waals surface area contributed by atoms with E-state index >= 15 is 0 Å². The maximum atomic E-state index is 13.5. The molecule has 1 amide bonds. The number of benzene rings is 1. The van der Waals surface area contributed by atoms with Gasteiger partial charge in [-0.2, -0.15) is 0 Å². The molecule has 0 unspecified atom stereocenters. The van der Waals surface area contributed by atoms with Crippen molar-refractivity contribution >= 4 is 56.7 Å². The van der Waals surface area contributed by atoms with Crippen molar-refractivity contribution in [1.82, 2.24) is 4.98 Å². The molecule has 0 atom stereocenters. The zero-order chi connectivity index (χ0) is 19.0. The molecule has 136 valence electrons. The zero-order valence-electron chi connectivity index (χ0n) is 13.3. The number of halogens is 3. The number of hydrogen-bond donors (Lipinski definition) is 1. The van der Waals surface area contributed by atoms with E-state index in [0.29, 0.717) is 5.13 Å². The highest BCUT2D eigenvalue weighted by Crippen LogP contribution is 2.42. The largest absolute Gasteiger partial charge is 0.298 e. The Kier molecular flexibility index (Phi) is 5.05. The fraction of sp³-hybridized carbons (Fsp3) is 0. The summed E-state index contributed by atoms with van der Waals surface area (Å²) in [6, 6.07) is 9.36. The van der Waals surface area contributed by atoms with Gasteiger partial charge >= 0.3 is 0 Å². The van der Waals surface area contributed by atoms with Crippen molar-refractivity contribution in [1.29, 1.82) is 0 Å². The average molecular weight is 439 g/mol. The Morgan fingerprint density at radius 1 is 1.04 bits per heavy atom. The summed E-state index contributed by atoms with van der Waals surface area (Å²) in [5.41, 5.74) is 0.616. The summed E-state index contributed by atoms with van der Waals surface area (Å²) in [5, 5.41) is 6.74. The highest BCUT2D eigenvalue weighted by atomic mass is 35.5. The summed E-state index contributed by atoms with van der Waals surface area (Å²) in [6.45, 7) is 0. The van der Waals surface area contributed by atoms with Gasteiger partial charge in [0.2, 0.25) is 0 Å². The lowest BCUT2D eigenvalue weighted by Gasteiger charge is -2.04. The van der Waals surface area contributed by atoms with Gasteiger partial charge in [0.15, 0.2) is 16.8 Å². The molecule has 0 saturated heterocycles. The second kappa shape index (κ2) is 7.47. The van der Waals surface area contributed by atoms with Gasteiger partial charge in [-0.05, 0) is 35.0 Å². The van der Waals surface area contributed by atoms with E-state index in [1.165, 1.54) is 11.3 Å². The first-order chi connectivity index (χ1) is 13.0. The van der Waals surface area contributed by atoms with Crippen LogP contribution in [-0.4, -0.2) is 10.9 Å². The number of nitrogens with zero attached hydrogens (tertiary/aromatic N) is 1. The number of amides is 1. The lowest BCUT2D eigenvalue weighted by molar-refractivity contribution is 0.102. The molecular weight excluding hydrogens is 430 g/mol. The standard InChI is InChI=1S/C18H9ClF2N2OS3/c19-10-8-12(21)11(20)7-9(10)17(24)23-18-22-15(13-3-1-5-25-13)16(27-18)14-4-2-6-26-14/h1-8H,(H,22,23,24). The van der Waals surface area contributed by atoms with Crippen LogP contribution in [0, 0.1) is 11.6 Å². The van der Waals surface area contributed by atoms with E-state index in [1.807, 2.05) is 35.0 Å². The van der Waals surface area contributed by atoms with Crippen LogP contribution in [0.15, 0.2) is 47.2 Å². The normalized spacial score (nSPS) is 10.9. The van der Waals surface area contributed by atoms with Crippen molar-refractivity contribution in [3.63, 3.8) is 0 Å². The predicted octanol–water partition coefficient (Wildman–Crippen LogP) is 6.78. The number of nitrogens with one attached hydrogen (secondary N) is 1. The van der Waals surface area contributed by atoms with E-state index in [1.54, 1.807) is 22.7 Å². The average Bonchev–Trinajstić information content (AvgIpc) is 3.38. The summed E-state index contributed by atoms with van der Waals surface area (Å²) in [5.74, 6) is -2.89. The van der Waals surface area contributed by atoms with Crippen LogP contribution < -0.4 is 5.32 Å². The highest BCUT2D eigenvalue weighted by molar-refractivity contribution is 7.24. The maximum Gasteiger partial charge on any atom is 0.259 e. The van der Waals surface area contributed by atoms with Crippen LogP contribution in [0.25, 0.3) is 20.3 Å². The monoisotopic (exact) mass is 438 g/mol. The van der Waals surface area contributed by atoms with Crippen LogP contribution in [0.3, 0.4) is 0 Å². The van der Waals surface area contributed by atoms with Gasteiger partial charge in [0.25, 0.3) is 5.91 Å². The van der Waals surface area contributed by atoms with Crippen LogP contribution in [0.1, 0.15) is 10.4 Å². The van der Waals surface area contributed by atoms with Crippen molar-refractivity contribution in [2.24, 2.45) is 0 Å². The molecule has 3 heterocycles. The molecule has 0 fully saturated rings. The third kappa shape index (κ3) is 3.66. The molecule has 3 nitrogen and oxygen atoms in total. The second-order valence-corrected chi connectivity index (χ2v) is 8.65. The van der Waals surface area contributed by atoms with Gasteiger partial charge in [0, 0.05) is 4.88 Å². The van der Waals surface area contributed by atoms with Gasteiger partial charge in [-0.1, -0.05) is 35.1 Å². The minimum atomic E-state index is -1.14. The van der Waals surface area contributed by atoms with Crippen LogP contribution in [0.5, 0.6) is 0 Å². The van der Waals surface area contributed by atoms with Crippen molar-refractivity contribution in [3.8, 4) is 20.3 Å². The fourth-order valence-electron chi connectivity index (χ4n) is 2.39. The third-order valence-corrected chi connectivity index (χ3v) is 6.81. The Hall–Kier alpha value is -2.13. The first-order valence-electron chi connectivity index (χ1n) is 7.57. The minimum Gasteiger partial charge on any atom is -0.298 e. The molecule has 0 saturated carbocycles. The van der Waals surface area contributed by atoms with E-state index in [9.17, 15) is 13.6 Å². The molecule has 0 radical (unpaired) electrons. The molecule has 0 bridgehead atoms. The topological polar surface area (TPSA) is 42.0 Å². The number of rotatable bonds is 4. The van der Waals surface area contributed by atoms with Crippen molar-refractivity contribution in [2.75, 3.05) is 5.32 Å². The molecule has 1 aromatic carbocycles. The lowest BCUT2D eigenvalue weighted by Crippen LogP contribution is -2.13. The first kappa shape index (κ1) is 18.2. The zero-order valence-corrected chi connectivity index (χ0v) is 16.5. The van der Waals surface area contributed by atoms with Crippen molar-refractivity contribution in [3.05, 3.63) is 69.4 Å². The summed E-state index contributed by atoms with van der Waals surface area (Å²) in [6.07, 6.45) is 0. The number of carbonyl (C=O) groups is 1. The van der Waals surface area contributed by atoms with Gasteiger partial charge in [0.05, 0.1) is 20.3 Å². The third-order valence-electron chi connectivity index (χ3n) is 3.60. The SMILES string of the molecule is O=C(Nc1nc(-c2cccs2)c(-c2cccs2)s1)c1cc(F)c(F)cc1Cl. The summed E-state index contributed by atoms with van der Waals surface area (Å²) in [7, 11) is 0. The Morgan fingerprint density at radius 3 is 2.37 bits per heavy atom. The summed E-state index contributed by atoms with van der Waals surface area (Å²) >= 11 is 10.3. The van der Waals surface area contributed by atoms with E-state index in [4.69, 9.17) is 11.6 Å². The van der Waals surface area contributed by atoms with Gasteiger partial charge < -0.3 is 0 Å². The van der Waals surface area contributed by atoms with Crippen LogP contribution in [0.2, 0.25) is 5.02 Å². The maximum absolute atomic E-state index is 13.5. The molecule has 4 rings (SSSR count). The lowest BCUT2D eigenvalue weighted by atomic mass is 10.2. The van der Waals surface area contributed by atoms with E-state index < -0.39 is 17.5 Å². The molecule has 3 aromatic heterocycles. The Balaban J connectivity index is 1.70. The molecule has 27 heavy (non-hydrogen) atoms. The number of carbonyl (C=O) groups excluding carboxylic acids is 1. The summed E-state index contributed by atoms with van der Waals surface area (Å²) < 4.78 is 26.7. The first-order valence-corrected chi connectivity index (χ1v) is 10.5. The van der Waals surface area contributed by atoms with Gasteiger partial charge in [-0.3, -0.25) is 10.1 Å². The molecule has 0 aliphatic carbocycles. The molecular formula is C18H9ClF2N2OS3. The smallest absolute Gasteiger partial charge is 0.259 e. The van der Waals surface area contributed by atoms with E-state index in [-0.39, 0.29) is 10.6 Å². The number of thiazole rings is 1. The van der Waals surface area contributed by atoms with Crippen molar-refractivity contribution in [2.45, 2.75) is 0 Å². The number of hydrogen-bond acceptors (Lipinski definition) is 5. The second-order valence-electron chi connectivity index (χ2n) is 5.35. The quantitative estimate of drug-likeness (QED) is 0.356. The van der Waals surface area contributed by atoms with Gasteiger partial charge in [-0.25, -0.2) is 13.8 Å². The Labute approximate surface area is 169 Å². The number of thiophene rings is 2. The van der Waals surface area contributed by atoms with E-state index in [0.717, 1.165) is 32.5 Å². The molecule has 1 N–H and O–H groups in total. The molecule has 9 heteroatoms. The Bertz CT molecular complexity index is 1060. The van der Waals surface area contributed by atoms with Gasteiger partial charge in [-0.15, -0.1) is 22.7 Å². The van der Waals surface area contributed by atoms with Crippen LogP contribution in [0.4, 0.5) is 13.9 Å². The van der Waals surface area contributed by atoms with Gasteiger partial charge in [0.1, 0.15) is 5.69 Å². The molecule has 0 aliphatic rings. The summed E-state index contributed by atoms with van der Waals surface area (Å²) in [4.78, 5) is 19.9. The Morgan fingerprint density at radius 2 is 1.70 bits per heavy atom. The number of aromatic nitrogens is 1. The molecule has 0 aliphatic heterocycles. The fourth-order valence-corrected chi connectivity index (χ4v) is 5.24. The van der Waals surface area contributed by atoms with Crippen LogP contribution in [-0.2, 0) is 0 Å². The number of anilines is 1. The molecule has 0 spiro atoms. The minimum absolute atomic E-state index is 0.152.